The molecule has 2 aromatic rings. The van der Waals surface area contributed by atoms with E-state index in [2.05, 4.69) is 41.4 Å². The highest BCUT2D eigenvalue weighted by molar-refractivity contribution is 6.36. The van der Waals surface area contributed by atoms with Gasteiger partial charge in [0.25, 0.3) is 0 Å². The van der Waals surface area contributed by atoms with Crippen molar-refractivity contribution in [3.8, 4) is 0 Å². The van der Waals surface area contributed by atoms with Gasteiger partial charge in [-0.3, -0.25) is 0 Å². The van der Waals surface area contributed by atoms with Crippen molar-refractivity contribution in [1.29, 1.82) is 0 Å². The van der Waals surface area contributed by atoms with Crippen LogP contribution in [0.3, 0.4) is 0 Å². The lowest BCUT2D eigenvalue weighted by Crippen LogP contribution is -2.35. The second-order valence-corrected chi connectivity index (χ2v) is 6.31. The van der Waals surface area contributed by atoms with Crippen LogP contribution in [0, 0.1) is 0 Å². The van der Waals surface area contributed by atoms with Crippen molar-refractivity contribution in [3.63, 3.8) is 0 Å². The summed E-state index contributed by atoms with van der Waals surface area (Å²) in [6, 6.07) is 14.6. The van der Waals surface area contributed by atoms with Crippen LogP contribution in [0.4, 0.5) is 5.69 Å². The summed E-state index contributed by atoms with van der Waals surface area (Å²) in [7, 11) is 0. The molecule has 0 saturated carbocycles. The summed E-state index contributed by atoms with van der Waals surface area (Å²) in [4.78, 5) is 2.35. The van der Waals surface area contributed by atoms with E-state index in [-0.39, 0.29) is 0 Å². The van der Waals surface area contributed by atoms with Crippen LogP contribution in [0.1, 0.15) is 18.1 Å². The van der Waals surface area contributed by atoms with Crippen LogP contribution >= 0.6 is 23.2 Å². The molecule has 3 rings (SSSR count). The summed E-state index contributed by atoms with van der Waals surface area (Å²) in [6.07, 6.45) is 0. The van der Waals surface area contributed by atoms with Crippen LogP contribution < -0.4 is 10.2 Å². The fraction of sp³-hybridized carbons (Fsp3) is 0.294. The SMILES string of the molecule is CC1CN(Cc2c(Cl)cccc2Cl)c2ccccc2CN1. The molecule has 21 heavy (non-hydrogen) atoms. The number of hydrogen-bond acceptors (Lipinski definition) is 2. The minimum atomic E-state index is 0.415. The van der Waals surface area contributed by atoms with Gasteiger partial charge in [-0.05, 0) is 30.7 Å². The number of benzene rings is 2. The summed E-state index contributed by atoms with van der Waals surface area (Å²) in [5, 5.41) is 4.99. The molecular weight excluding hydrogens is 303 g/mol. The number of para-hydroxylation sites is 1. The number of fused-ring (bicyclic) bond motifs is 1. The van der Waals surface area contributed by atoms with E-state index in [9.17, 15) is 0 Å². The molecule has 0 bridgehead atoms. The van der Waals surface area contributed by atoms with Crippen LogP contribution in [0.25, 0.3) is 0 Å². The molecule has 0 aliphatic carbocycles. The van der Waals surface area contributed by atoms with Gasteiger partial charge in [-0.1, -0.05) is 47.5 Å². The molecule has 0 amide bonds. The summed E-state index contributed by atoms with van der Waals surface area (Å²) >= 11 is 12.7. The molecule has 0 saturated heterocycles. The van der Waals surface area contributed by atoms with Crippen molar-refractivity contribution < 1.29 is 0 Å². The number of rotatable bonds is 2. The highest BCUT2D eigenvalue weighted by Gasteiger charge is 2.20. The minimum absolute atomic E-state index is 0.415. The first-order valence-electron chi connectivity index (χ1n) is 7.14. The molecule has 4 heteroatoms. The molecule has 1 unspecified atom stereocenters. The lowest BCUT2D eigenvalue weighted by molar-refractivity contribution is 0.552. The molecule has 1 aliphatic heterocycles. The van der Waals surface area contributed by atoms with E-state index in [0.717, 1.165) is 35.2 Å². The van der Waals surface area contributed by atoms with Gasteiger partial charge in [-0.2, -0.15) is 0 Å². The Morgan fingerprint density at radius 1 is 1.10 bits per heavy atom. The smallest absolute Gasteiger partial charge is 0.0470 e. The van der Waals surface area contributed by atoms with Crippen molar-refractivity contribution in [1.82, 2.24) is 5.32 Å². The first-order valence-corrected chi connectivity index (χ1v) is 7.90. The Hall–Kier alpha value is -1.22. The highest BCUT2D eigenvalue weighted by atomic mass is 35.5. The first kappa shape index (κ1) is 14.7. The van der Waals surface area contributed by atoms with E-state index in [1.807, 2.05) is 18.2 Å². The fourth-order valence-electron chi connectivity index (χ4n) is 2.77. The summed E-state index contributed by atoms with van der Waals surface area (Å²) in [6.45, 7) is 4.75. The number of nitrogens with one attached hydrogen (secondary N) is 1. The quantitative estimate of drug-likeness (QED) is 0.876. The zero-order chi connectivity index (χ0) is 14.8. The first-order chi connectivity index (χ1) is 10.1. The van der Waals surface area contributed by atoms with Crippen LogP contribution in [0.2, 0.25) is 10.0 Å². The number of anilines is 1. The van der Waals surface area contributed by atoms with E-state index in [0.29, 0.717) is 6.04 Å². The van der Waals surface area contributed by atoms with E-state index < -0.39 is 0 Å². The molecule has 110 valence electrons. The molecule has 1 atom stereocenters. The van der Waals surface area contributed by atoms with Crippen molar-refractivity contribution in [3.05, 3.63) is 63.6 Å². The maximum Gasteiger partial charge on any atom is 0.0470 e. The van der Waals surface area contributed by atoms with Gasteiger partial charge in [0.05, 0.1) is 0 Å². The normalized spacial score (nSPS) is 18.2. The van der Waals surface area contributed by atoms with E-state index >= 15 is 0 Å². The largest absolute Gasteiger partial charge is 0.365 e. The number of halogens is 2. The Labute approximate surface area is 135 Å². The zero-order valence-electron chi connectivity index (χ0n) is 11.9. The molecule has 0 aromatic heterocycles. The standard InChI is InChI=1S/C17H18Cl2N2/c1-12-10-21(11-14-15(18)6-4-7-16(14)19)17-8-3-2-5-13(17)9-20-12/h2-8,12,20H,9-11H2,1H3. The third-order valence-corrected chi connectivity index (χ3v) is 4.59. The summed E-state index contributed by atoms with van der Waals surface area (Å²) in [5.41, 5.74) is 3.56. The zero-order valence-corrected chi connectivity index (χ0v) is 13.5. The molecule has 0 spiro atoms. The average molecular weight is 321 g/mol. The van der Waals surface area contributed by atoms with Crippen LogP contribution in [-0.2, 0) is 13.1 Å². The molecule has 2 nitrogen and oxygen atoms in total. The third kappa shape index (κ3) is 3.18. The molecular formula is C17H18Cl2N2. The van der Waals surface area contributed by atoms with Crippen molar-refractivity contribution >= 4 is 28.9 Å². The maximum absolute atomic E-state index is 6.33. The molecule has 1 N–H and O–H groups in total. The molecule has 0 fully saturated rings. The molecule has 0 radical (unpaired) electrons. The van der Waals surface area contributed by atoms with Gasteiger partial charge in [0.2, 0.25) is 0 Å². The Morgan fingerprint density at radius 2 is 1.81 bits per heavy atom. The number of hydrogen-bond donors (Lipinski definition) is 1. The van der Waals surface area contributed by atoms with E-state index in [4.69, 9.17) is 23.2 Å². The Morgan fingerprint density at radius 3 is 2.57 bits per heavy atom. The van der Waals surface area contributed by atoms with Gasteiger partial charge < -0.3 is 10.2 Å². The van der Waals surface area contributed by atoms with Crippen LogP contribution in [0.15, 0.2) is 42.5 Å². The molecule has 2 aromatic carbocycles. The van der Waals surface area contributed by atoms with Gasteiger partial charge in [-0.25, -0.2) is 0 Å². The molecule has 1 heterocycles. The lowest BCUT2D eigenvalue weighted by Gasteiger charge is -2.27. The van der Waals surface area contributed by atoms with Crippen molar-refractivity contribution in [2.75, 3.05) is 11.4 Å². The highest BCUT2D eigenvalue weighted by Crippen LogP contribution is 2.30. The third-order valence-electron chi connectivity index (χ3n) is 3.88. The predicted octanol–water partition coefficient (Wildman–Crippen LogP) is 4.49. The number of nitrogens with zero attached hydrogens (tertiary/aromatic N) is 1. The fourth-order valence-corrected chi connectivity index (χ4v) is 3.29. The Kier molecular flexibility index (Phi) is 4.39. The Balaban J connectivity index is 1.97. The van der Waals surface area contributed by atoms with Gasteiger partial charge in [0, 0.05) is 47.0 Å². The monoisotopic (exact) mass is 320 g/mol. The van der Waals surface area contributed by atoms with Gasteiger partial charge >= 0.3 is 0 Å². The van der Waals surface area contributed by atoms with Crippen LogP contribution in [-0.4, -0.2) is 12.6 Å². The van der Waals surface area contributed by atoms with E-state index in [1.165, 1.54) is 11.3 Å². The topological polar surface area (TPSA) is 15.3 Å². The second-order valence-electron chi connectivity index (χ2n) is 5.49. The Bertz CT molecular complexity index is 622. The van der Waals surface area contributed by atoms with Crippen molar-refractivity contribution in [2.24, 2.45) is 0 Å². The van der Waals surface area contributed by atoms with Crippen LogP contribution in [0.5, 0.6) is 0 Å². The van der Waals surface area contributed by atoms with Gasteiger partial charge in [-0.15, -0.1) is 0 Å². The summed E-state index contributed by atoms with van der Waals surface area (Å²) < 4.78 is 0. The maximum atomic E-state index is 6.33. The summed E-state index contributed by atoms with van der Waals surface area (Å²) in [5.74, 6) is 0. The average Bonchev–Trinajstić information content (AvgIpc) is 2.63. The minimum Gasteiger partial charge on any atom is -0.365 e. The van der Waals surface area contributed by atoms with Gasteiger partial charge in [0.15, 0.2) is 0 Å². The van der Waals surface area contributed by atoms with Crippen molar-refractivity contribution in [2.45, 2.75) is 26.1 Å². The lowest BCUT2D eigenvalue weighted by atomic mass is 10.1. The predicted molar refractivity (Wildman–Crippen MR) is 90.3 cm³/mol. The van der Waals surface area contributed by atoms with Gasteiger partial charge in [0.1, 0.15) is 0 Å². The van der Waals surface area contributed by atoms with E-state index in [1.54, 1.807) is 0 Å². The second kappa shape index (κ2) is 6.27. The molecule has 1 aliphatic rings.